The molecule has 0 aromatic heterocycles. The van der Waals surface area contributed by atoms with Crippen LogP contribution in [0.5, 0.6) is 5.75 Å². The van der Waals surface area contributed by atoms with Crippen LogP contribution in [0.4, 0.5) is 5.69 Å². The van der Waals surface area contributed by atoms with Gasteiger partial charge in [0.05, 0.1) is 4.92 Å². The summed E-state index contributed by atoms with van der Waals surface area (Å²) in [6, 6.07) is 14.6. The topological polar surface area (TPSA) is 72.7 Å². The molecule has 1 fully saturated rings. The Hall–Kier alpha value is -2.89. The zero-order chi connectivity index (χ0) is 19.4. The molecule has 0 bridgehead atoms. The minimum Gasteiger partial charge on any atom is -0.484 e. The summed E-state index contributed by atoms with van der Waals surface area (Å²) in [6.07, 6.45) is 2.31. The first-order valence-corrected chi connectivity index (χ1v) is 9.17. The Morgan fingerprint density at radius 1 is 1.26 bits per heavy atom. The molecule has 0 N–H and O–H groups in total. The Labute approximate surface area is 158 Å². The van der Waals surface area contributed by atoms with E-state index in [-0.39, 0.29) is 24.2 Å². The highest BCUT2D eigenvalue weighted by molar-refractivity contribution is 5.78. The van der Waals surface area contributed by atoms with Crippen LogP contribution in [0.2, 0.25) is 0 Å². The maximum atomic E-state index is 12.8. The summed E-state index contributed by atoms with van der Waals surface area (Å²) in [4.78, 5) is 25.2. The molecule has 2 aromatic rings. The third-order valence-electron chi connectivity index (χ3n) is 5.04. The van der Waals surface area contributed by atoms with Crippen molar-refractivity contribution in [2.45, 2.75) is 39.3 Å². The van der Waals surface area contributed by atoms with Crippen LogP contribution in [0.25, 0.3) is 0 Å². The van der Waals surface area contributed by atoms with Crippen molar-refractivity contribution in [3.8, 4) is 5.75 Å². The van der Waals surface area contributed by atoms with Gasteiger partial charge in [0.2, 0.25) is 0 Å². The number of hydrogen-bond acceptors (Lipinski definition) is 4. The first kappa shape index (κ1) is 18.9. The van der Waals surface area contributed by atoms with Gasteiger partial charge in [0.25, 0.3) is 11.6 Å². The van der Waals surface area contributed by atoms with E-state index in [0.717, 1.165) is 18.4 Å². The van der Waals surface area contributed by atoms with Gasteiger partial charge in [0.1, 0.15) is 5.75 Å². The molecule has 1 unspecified atom stereocenters. The Balaban J connectivity index is 1.67. The van der Waals surface area contributed by atoms with Crippen LogP contribution in [-0.4, -0.2) is 28.4 Å². The van der Waals surface area contributed by atoms with Crippen LogP contribution in [0.3, 0.4) is 0 Å². The first-order valence-electron chi connectivity index (χ1n) is 9.17. The van der Waals surface area contributed by atoms with E-state index in [1.165, 1.54) is 12.1 Å². The van der Waals surface area contributed by atoms with Crippen molar-refractivity contribution in [3.05, 3.63) is 69.8 Å². The van der Waals surface area contributed by atoms with Crippen LogP contribution < -0.4 is 4.74 Å². The molecular weight excluding hydrogens is 344 g/mol. The van der Waals surface area contributed by atoms with E-state index in [0.29, 0.717) is 23.8 Å². The van der Waals surface area contributed by atoms with Crippen molar-refractivity contribution < 1.29 is 14.5 Å². The van der Waals surface area contributed by atoms with E-state index >= 15 is 0 Å². The lowest BCUT2D eigenvalue weighted by atomic mass is 10.1. The molecule has 6 nitrogen and oxygen atoms in total. The van der Waals surface area contributed by atoms with Crippen LogP contribution in [0.1, 0.15) is 30.9 Å². The number of aryl methyl sites for hydroxylation is 1. The normalized spacial score (nSPS) is 14.4. The second kappa shape index (κ2) is 8.20. The van der Waals surface area contributed by atoms with Gasteiger partial charge in [-0.05, 0) is 50.3 Å². The molecule has 0 radical (unpaired) electrons. The summed E-state index contributed by atoms with van der Waals surface area (Å²) >= 11 is 0. The molecule has 3 rings (SSSR count). The van der Waals surface area contributed by atoms with Gasteiger partial charge in [-0.3, -0.25) is 14.9 Å². The zero-order valence-electron chi connectivity index (χ0n) is 15.6. The van der Waals surface area contributed by atoms with Crippen LogP contribution in [0, 0.1) is 23.0 Å². The molecular formula is C21H24N2O4. The number of carbonyl (C=O) groups is 1. The number of rotatable bonds is 8. The highest BCUT2D eigenvalue weighted by Gasteiger charge is 2.34. The number of nitrogens with zero attached hydrogens (tertiary/aromatic N) is 2. The summed E-state index contributed by atoms with van der Waals surface area (Å²) < 4.78 is 5.64. The maximum absolute atomic E-state index is 12.8. The Bertz CT molecular complexity index is 818. The monoisotopic (exact) mass is 368 g/mol. The summed E-state index contributed by atoms with van der Waals surface area (Å²) in [5, 5.41) is 10.9. The SMILES string of the molecule is Cc1cc(OCC(=O)N(Cc2ccccc2)C(C)C2CC2)ccc1[N+](=O)[O-]. The van der Waals surface area contributed by atoms with Crippen molar-refractivity contribution in [1.82, 2.24) is 4.90 Å². The van der Waals surface area contributed by atoms with Crippen molar-refractivity contribution >= 4 is 11.6 Å². The highest BCUT2D eigenvalue weighted by atomic mass is 16.6. The van der Waals surface area contributed by atoms with Crippen molar-refractivity contribution in [3.63, 3.8) is 0 Å². The molecule has 142 valence electrons. The van der Waals surface area contributed by atoms with Crippen LogP contribution in [0.15, 0.2) is 48.5 Å². The van der Waals surface area contributed by atoms with E-state index in [9.17, 15) is 14.9 Å². The average molecular weight is 368 g/mol. The van der Waals surface area contributed by atoms with Gasteiger partial charge in [-0.25, -0.2) is 0 Å². The number of nitro groups is 1. The largest absolute Gasteiger partial charge is 0.484 e. The molecule has 0 aliphatic heterocycles. The van der Waals surface area contributed by atoms with Gasteiger partial charge >= 0.3 is 0 Å². The second-order valence-corrected chi connectivity index (χ2v) is 7.08. The van der Waals surface area contributed by atoms with Gasteiger partial charge in [0.15, 0.2) is 6.61 Å². The minimum absolute atomic E-state index is 0.0433. The van der Waals surface area contributed by atoms with Crippen LogP contribution in [-0.2, 0) is 11.3 Å². The van der Waals surface area contributed by atoms with Gasteiger partial charge in [0, 0.05) is 24.2 Å². The highest BCUT2D eigenvalue weighted by Crippen LogP contribution is 2.35. The number of hydrogen-bond donors (Lipinski definition) is 0. The Morgan fingerprint density at radius 3 is 2.56 bits per heavy atom. The number of amides is 1. The molecule has 0 saturated heterocycles. The molecule has 1 saturated carbocycles. The molecule has 27 heavy (non-hydrogen) atoms. The summed E-state index contributed by atoms with van der Waals surface area (Å²) in [7, 11) is 0. The van der Waals surface area contributed by atoms with E-state index in [1.54, 1.807) is 13.0 Å². The number of ether oxygens (including phenoxy) is 1. The molecule has 0 spiro atoms. The summed E-state index contributed by atoms with van der Waals surface area (Å²) in [5.74, 6) is 0.943. The van der Waals surface area contributed by atoms with Crippen molar-refractivity contribution in [2.75, 3.05) is 6.61 Å². The predicted octanol–water partition coefficient (Wildman–Crippen LogP) is 4.11. The lowest BCUT2D eigenvalue weighted by Crippen LogP contribution is -2.42. The fourth-order valence-corrected chi connectivity index (χ4v) is 3.22. The average Bonchev–Trinajstić information content (AvgIpc) is 3.49. The zero-order valence-corrected chi connectivity index (χ0v) is 15.6. The van der Waals surface area contributed by atoms with Gasteiger partial charge in [-0.1, -0.05) is 30.3 Å². The first-order chi connectivity index (χ1) is 13.0. The molecule has 0 heterocycles. The molecule has 1 aliphatic rings. The van der Waals surface area contributed by atoms with Gasteiger partial charge in [-0.15, -0.1) is 0 Å². The lowest BCUT2D eigenvalue weighted by molar-refractivity contribution is -0.385. The summed E-state index contributed by atoms with van der Waals surface area (Å²) in [5.41, 5.74) is 1.64. The molecule has 1 atom stereocenters. The summed E-state index contributed by atoms with van der Waals surface area (Å²) in [6.45, 7) is 4.22. The van der Waals surface area contributed by atoms with E-state index in [2.05, 4.69) is 6.92 Å². The lowest BCUT2D eigenvalue weighted by Gasteiger charge is -2.29. The van der Waals surface area contributed by atoms with Crippen molar-refractivity contribution in [2.24, 2.45) is 5.92 Å². The van der Waals surface area contributed by atoms with E-state index in [4.69, 9.17) is 4.74 Å². The minimum atomic E-state index is -0.427. The second-order valence-electron chi connectivity index (χ2n) is 7.08. The van der Waals surface area contributed by atoms with E-state index < -0.39 is 4.92 Å². The smallest absolute Gasteiger partial charge is 0.272 e. The van der Waals surface area contributed by atoms with Crippen LogP contribution >= 0.6 is 0 Å². The third-order valence-corrected chi connectivity index (χ3v) is 5.04. The Kier molecular flexibility index (Phi) is 5.74. The third kappa shape index (κ3) is 4.84. The fourth-order valence-electron chi connectivity index (χ4n) is 3.22. The number of nitro benzene ring substituents is 1. The fraction of sp³-hybridized carbons (Fsp3) is 0.381. The number of carbonyl (C=O) groups excluding carboxylic acids is 1. The van der Waals surface area contributed by atoms with Gasteiger partial charge < -0.3 is 9.64 Å². The molecule has 1 aliphatic carbocycles. The van der Waals surface area contributed by atoms with Gasteiger partial charge in [-0.2, -0.15) is 0 Å². The standard InChI is InChI=1S/C21H24N2O4/c1-15-12-19(10-11-20(15)23(25)26)27-14-21(24)22(16(2)18-8-9-18)13-17-6-4-3-5-7-17/h3-7,10-12,16,18H,8-9,13-14H2,1-2H3. The molecule has 2 aromatic carbocycles. The quantitative estimate of drug-likeness (QED) is 0.519. The Morgan fingerprint density at radius 2 is 1.96 bits per heavy atom. The maximum Gasteiger partial charge on any atom is 0.272 e. The van der Waals surface area contributed by atoms with E-state index in [1.807, 2.05) is 35.2 Å². The molecule has 1 amide bonds. The predicted molar refractivity (Wildman–Crippen MR) is 103 cm³/mol. The number of benzene rings is 2. The van der Waals surface area contributed by atoms with Crippen molar-refractivity contribution in [1.29, 1.82) is 0 Å². The molecule has 6 heteroatoms.